The molecule has 8 nitrogen and oxygen atoms in total. The first-order valence-corrected chi connectivity index (χ1v) is 10.6. The minimum absolute atomic E-state index is 0.148. The van der Waals surface area contributed by atoms with Crippen molar-refractivity contribution in [2.75, 3.05) is 5.43 Å². The van der Waals surface area contributed by atoms with Gasteiger partial charge < -0.3 is 5.11 Å². The number of nitrogens with one attached hydrogen (secondary N) is 1. The highest BCUT2D eigenvalue weighted by Crippen LogP contribution is 2.40. The van der Waals surface area contributed by atoms with Gasteiger partial charge in [0.25, 0.3) is 5.69 Å². The highest BCUT2D eigenvalue weighted by Gasteiger charge is 2.23. The van der Waals surface area contributed by atoms with Crippen molar-refractivity contribution >= 4 is 45.4 Å². The van der Waals surface area contributed by atoms with Gasteiger partial charge in [-0.2, -0.15) is 5.10 Å². The van der Waals surface area contributed by atoms with Crippen molar-refractivity contribution in [1.82, 2.24) is 4.98 Å². The second-order valence-electron chi connectivity index (χ2n) is 7.09. The van der Waals surface area contributed by atoms with E-state index in [-0.39, 0.29) is 23.4 Å². The molecule has 2 aromatic carbocycles. The quantitative estimate of drug-likeness (QED) is 0.310. The number of carboxylic acid groups (broad SMARTS) is 1. The van der Waals surface area contributed by atoms with E-state index in [2.05, 4.69) is 21.6 Å². The first-order valence-electron chi connectivity index (χ1n) is 9.40. The third-order valence-electron chi connectivity index (χ3n) is 5.04. The van der Waals surface area contributed by atoms with Gasteiger partial charge in [0, 0.05) is 33.5 Å². The van der Waals surface area contributed by atoms with E-state index in [1.165, 1.54) is 35.1 Å². The molecule has 0 bridgehead atoms. The second kappa shape index (κ2) is 8.44. The first-order chi connectivity index (χ1) is 14.8. The summed E-state index contributed by atoms with van der Waals surface area (Å²) in [6.45, 7) is 1.96. The summed E-state index contributed by atoms with van der Waals surface area (Å²) in [4.78, 5) is 28.0. The van der Waals surface area contributed by atoms with E-state index >= 15 is 0 Å². The average molecular weight is 457 g/mol. The van der Waals surface area contributed by atoms with Crippen LogP contribution in [0.5, 0.6) is 0 Å². The van der Waals surface area contributed by atoms with Gasteiger partial charge in [-0.3, -0.25) is 15.5 Å². The summed E-state index contributed by atoms with van der Waals surface area (Å²) in [6, 6.07) is 9.98. The lowest BCUT2D eigenvalue weighted by molar-refractivity contribution is -0.385. The predicted molar refractivity (Wildman–Crippen MR) is 120 cm³/mol. The van der Waals surface area contributed by atoms with Crippen LogP contribution in [0.15, 0.2) is 41.5 Å². The summed E-state index contributed by atoms with van der Waals surface area (Å²) in [6.07, 6.45) is 1.51. The molecule has 0 fully saturated rings. The Hall–Kier alpha value is -3.30. The van der Waals surface area contributed by atoms with E-state index in [1.54, 1.807) is 6.07 Å². The molecule has 1 aliphatic rings. The average Bonchev–Trinajstić information content (AvgIpc) is 3.15. The molecule has 0 aliphatic heterocycles. The van der Waals surface area contributed by atoms with E-state index in [1.807, 2.05) is 13.0 Å². The Morgan fingerprint density at radius 1 is 1.35 bits per heavy atom. The van der Waals surface area contributed by atoms with E-state index in [0.29, 0.717) is 10.2 Å². The van der Waals surface area contributed by atoms with E-state index in [9.17, 15) is 20.0 Å². The van der Waals surface area contributed by atoms with E-state index in [4.69, 9.17) is 11.6 Å². The monoisotopic (exact) mass is 456 g/mol. The lowest BCUT2D eigenvalue weighted by atomic mass is 9.92. The number of anilines is 1. The van der Waals surface area contributed by atoms with Crippen LogP contribution in [0.2, 0.25) is 5.02 Å². The third kappa shape index (κ3) is 4.28. The molecule has 1 heterocycles. The molecule has 4 rings (SSSR count). The number of halogens is 1. The topological polar surface area (TPSA) is 118 Å². The highest BCUT2D eigenvalue weighted by atomic mass is 35.5. The van der Waals surface area contributed by atoms with Crippen LogP contribution in [0.1, 0.15) is 21.6 Å². The van der Waals surface area contributed by atoms with E-state index in [0.717, 1.165) is 34.5 Å². The normalized spacial score (nSPS) is 12.8. The molecule has 0 spiro atoms. The summed E-state index contributed by atoms with van der Waals surface area (Å²) < 4.78 is 0. The zero-order valence-corrected chi connectivity index (χ0v) is 18.0. The Morgan fingerprint density at radius 2 is 2.13 bits per heavy atom. The van der Waals surface area contributed by atoms with Gasteiger partial charge >= 0.3 is 5.97 Å². The molecule has 0 amide bonds. The maximum atomic E-state index is 11.7. The molecular weight excluding hydrogens is 440 g/mol. The van der Waals surface area contributed by atoms with Crippen molar-refractivity contribution in [2.24, 2.45) is 5.10 Å². The number of hydrogen-bond acceptors (Lipinski definition) is 7. The van der Waals surface area contributed by atoms with E-state index < -0.39 is 10.9 Å². The summed E-state index contributed by atoms with van der Waals surface area (Å²) in [5.41, 5.74) is 6.59. The molecule has 0 saturated carbocycles. The zero-order valence-electron chi connectivity index (χ0n) is 16.4. The van der Waals surface area contributed by atoms with Crippen molar-refractivity contribution in [3.05, 3.63) is 73.1 Å². The Labute approximate surface area is 186 Å². The molecule has 0 atom stereocenters. The lowest BCUT2D eigenvalue weighted by Crippen LogP contribution is -2.18. The molecule has 10 heteroatoms. The van der Waals surface area contributed by atoms with Gasteiger partial charge in [-0.15, -0.1) is 0 Å². The molecule has 31 heavy (non-hydrogen) atoms. The minimum Gasteiger partial charge on any atom is -0.477 e. The van der Waals surface area contributed by atoms with Crippen molar-refractivity contribution in [1.29, 1.82) is 0 Å². The van der Waals surface area contributed by atoms with Crippen LogP contribution in [0.3, 0.4) is 0 Å². The maximum absolute atomic E-state index is 11.7. The smallest absolute Gasteiger partial charge is 0.352 e. The minimum atomic E-state index is -1.26. The van der Waals surface area contributed by atoms with Gasteiger partial charge in [0.05, 0.1) is 10.6 Å². The fourth-order valence-electron chi connectivity index (χ4n) is 3.49. The number of aliphatic carboxylic acids is 1. The van der Waals surface area contributed by atoms with Crippen LogP contribution < -0.4 is 5.43 Å². The number of hydrazone groups is 1. The standard InChI is InChI=1S/C21H17ClN4O4S/c1-11-8-12-6-7-18-19(14(12)10-15(11)22)23-21(31-18)25-24-16(20(27)28)9-13-4-2-3-5-17(13)26(29)30/h2-5,8,10H,6-7,9H2,1H3,(H,23,25)(H,27,28)/b24-16+. The fourth-order valence-corrected chi connectivity index (χ4v) is 4.57. The number of rotatable bonds is 6. The SMILES string of the molecule is Cc1cc2c(cc1Cl)-c1nc(N/N=C(\Cc3ccccc3[N+](=O)[O-])C(=O)O)sc1CC2. The molecule has 0 unspecified atom stereocenters. The van der Waals surface area contributed by atoms with Gasteiger partial charge in [-0.1, -0.05) is 47.2 Å². The number of thiazole rings is 1. The van der Waals surface area contributed by atoms with Gasteiger partial charge in [0.2, 0.25) is 5.13 Å². The number of carboxylic acids is 1. The van der Waals surface area contributed by atoms with Crippen LogP contribution in [-0.4, -0.2) is 26.7 Å². The Balaban J connectivity index is 1.61. The van der Waals surface area contributed by atoms with Gasteiger partial charge in [-0.25, -0.2) is 9.78 Å². The van der Waals surface area contributed by atoms with Crippen LogP contribution >= 0.6 is 22.9 Å². The molecule has 158 valence electrons. The number of hydrogen-bond donors (Lipinski definition) is 2. The molecule has 2 N–H and O–H groups in total. The molecule has 3 aromatic rings. The summed E-state index contributed by atoms with van der Waals surface area (Å²) in [5, 5.41) is 25.8. The van der Waals surface area contributed by atoms with Crippen molar-refractivity contribution in [2.45, 2.75) is 26.2 Å². The van der Waals surface area contributed by atoms with Crippen LogP contribution in [0.4, 0.5) is 10.8 Å². The first kappa shape index (κ1) is 21.0. The van der Waals surface area contributed by atoms with Crippen LogP contribution in [0, 0.1) is 17.0 Å². The molecule has 0 radical (unpaired) electrons. The Morgan fingerprint density at radius 3 is 2.87 bits per heavy atom. The number of aryl methyl sites for hydroxylation is 3. The molecule has 1 aromatic heterocycles. The number of nitro benzene ring substituents is 1. The molecule has 0 saturated heterocycles. The number of aromatic nitrogens is 1. The molecular formula is C21H17ClN4O4S. The number of carbonyl (C=O) groups is 1. The summed E-state index contributed by atoms with van der Waals surface area (Å²) in [7, 11) is 0. The largest absolute Gasteiger partial charge is 0.477 e. The zero-order chi connectivity index (χ0) is 22.1. The van der Waals surface area contributed by atoms with Crippen LogP contribution in [-0.2, 0) is 24.1 Å². The molecule has 1 aliphatic carbocycles. The summed E-state index contributed by atoms with van der Waals surface area (Å²) >= 11 is 7.70. The van der Waals surface area contributed by atoms with Crippen LogP contribution in [0.25, 0.3) is 11.3 Å². The number of benzene rings is 2. The fraction of sp³-hybridized carbons (Fsp3) is 0.190. The lowest BCUT2D eigenvalue weighted by Gasteiger charge is -2.16. The Kier molecular flexibility index (Phi) is 5.71. The Bertz CT molecular complexity index is 1240. The van der Waals surface area contributed by atoms with Crippen molar-refractivity contribution in [3.63, 3.8) is 0 Å². The number of nitrogens with zero attached hydrogens (tertiary/aromatic N) is 3. The maximum Gasteiger partial charge on any atom is 0.352 e. The third-order valence-corrected chi connectivity index (χ3v) is 6.46. The summed E-state index contributed by atoms with van der Waals surface area (Å²) in [5.74, 6) is -1.26. The highest BCUT2D eigenvalue weighted by molar-refractivity contribution is 7.16. The second-order valence-corrected chi connectivity index (χ2v) is 8.58. The van der Waals surface area contributed by atoms with Gasteiger partial charge in [0.1, 0.15) is 5.71 Å². The van der Waals surface area contributed by atoms with Crippen molar-refractivity contribution < 1.29 is 14.8 Å². The van der Waals surface area contributed by atoms with Crippen molar-refractivity contribution in [3.8, 4) is 11.3 Å². The number of para-hydroxylation sites is 1. The number of fused-ring (bicyclic) bond motifs is 3. The van der Waals surface area contributed by atoms with Gasteiger partial charge in [-0.05, 0) is 37.0 Å². The number of nitro groups is 1. The predicted octanol–water partition coefficient (Wildman–Crippen LogP) is 4.87. The van der Waals surface area contributed by atoms with Gasteiger partial charge in [0.15, 0.2) is 0 Å².